The van der Waals surface area contributed by atoms with Crippen LogP contribution in [0.15, 0.2) is 40.9 Å². The molecule has 0 bridgehead atoms. The average Bonchev–Trinajstić information content (AvgIpc) is 2.43. The van der Waals surface area contributed by atoms with Crippen molar-refractivity contribution < 1.29 is 14.0 Å². The van der Waals surface area contributed by atoms with Crippen LogP contribution >= 0.6 is 15.9 Å². The fourth-order valence-electron chi connectivity index (χ4n) is 1.70. The zero-order valence-electron chi connectivity index (χ0n) is 11.1. The zero-order valence-corrected chi connectivity index (χ0v) is 12.7. The number of nitrogens with two attached hydrogens (primary N) is 1. The van der Waals surface area contributed by atoms with Gasteiger partial charge in [-0.05, 0) is 42.8 Å². The molecule has 0 spiro atoms. The van der Waals surface area contributed by atoms with Crippen molar-refractivity contribution in [2.75, 3.05) is 5.32 Å². The summed E-state index contributed by atoms with van der Waals surface area (Å²) in [6, 6.07) is 8.59. The van der Waals surface area contributed by atoms with Gasteiger partial charge in [0.25, 0.3) is 5.91 Å². The Bertz CT molecular complexity index is 732. The number of carbonyl (C=O) groups is 2. The summed E-state index contributed by atoms with van der Waals surface area (Å²) in [5.74, 6) is -1.81. The highest BCUT2D eigenvalue weighted by Gasteiger charge is 2.12. The van der Waals surface area contributed by atoms with Crippen LogP contribution in [-0.4, -0.2) is 11.8 Å². The van der Waals surface area contributed by atoms with E-state index in [1.54, 1.807) is 18.2 Å². The monoisotopic (exact) mass is 350 g/mol. The van der Waals surface area contributed by atoms with Crippen LogP contribution in [-0.2, 0) is 0 Å². The number of nitrogens with one attached hydrogen (secondary N) is 1. The number of carbonyl (C=O) groups excluding carboxylic acids is 2. The maximum Gasteiger partial charge on any atom is 0.255 e. The van der Waals surface area contributed by atoms with E-state index in [4.69, 9.17) is 5.73 Å². The molecule has 0 aliphatic rings. The van der Waals surface area contributed by atoms with Crippen molar-refractivity contribution in [3.8, 4) is 0 Å². The first kappa shape index (κ1) is 15.2. The highest BCUT2D eigenvalue weighted by atomic mass is 79.9. The van der Waals surface area contributed by atoms with Crippen LogP contribution in [0.2, 0.25) is 0 Å². The van der Waals surface area contributed by atoms with E-state index in [1.165, 1.54) is 12.1 Å². The smallest absolute Gasteiger partial charge is 0.255 e. The van der Waals surface area contributed by atoms with E-state index in [0.717, 1.165) is 16.1 Å². The lowest BCUT2D eigenvalue weighted by Crippen LogP contribution is -2.15. The molecule has 2 rings (SSSR count). The minimum Gasteiger partial charge on any atom is -0.366 e. The lowest BCUT2D eigenvalue weighted by atomic mass is 10.1. The van der Waals surface area contributed by atoms with E-state index in [-0.39, 0.29) is 11.3 Å². The maximum absolute atomic E-state index is 13.7. The molecule has 6 heteroatoms. The van der Waals surface area contributed by atoms with Crippen molar-refractivity contribution in [2.24, 2.45) is 5.73 Å². The molecular formula is C15H12BrFN2O2. The zero-order chi connectivity index (χ0) is 15.6. The topological polar surface area (TPSA) is 72.2 Å². The van der Waals surface area contributed by atoms with E-state index in [1.807, 2.05) is 6.92 Å². The summed E-state index contributed by atoms with van der Waals surface area (Å²) in [6.45, 7) is 1.89. The molecule has 3 N–H and O–H groups in total. The first-order valence-electron chi connectivity index (χ1n) is 6.05. The second kappa shape index (κ2) is 6.05. The van der Waals surface area contributed by atoms with Gasteiger partial charge in [0.05, 0.1) is 5.69 Å². The maximum atomic E-state index is 13.7. The molecule has 0 atom stereocenters. The molecule has 0 saturated heterocycles. The molecule has 0 unspecified atom stereocenters. The quantitative estimate of drug-likeness (QED) is 0.891. The first-order chi connectivity index (χ1) is 9.88. The summed E-state index contributed by atoms with van der Waals surface area (Å²) >= 11 is 3.33. The first-order valence-corrected chi connectivity index (χ1v) is 6.84. The van der Waals surface area contributed by atoms with Crippen LogP contribution < -0.4 is 11.1 Å². The molecule has 4 nitrogen and oxygen atoms in total. The van der Waals surface area contributed by atoms with E-state index < -0.39 is 17.6 Å². The molecular weight excluding hydrogens is 339 g/mol. The number of aryl methyl sites for hydroxylation is 1. The molecule has 0 heterocycles. The van der Waals surface area contributed by atoms with E-state index in [9.17, 15) is 14.0 Å². The third-order valence-electron chi connectivity index (χ3n) is 2.93. The molecule has 108 valence electrons. The summed E-state index contributed by atoms with van der Waals surface area (Å²) in [4.78, 5) is 23.2. The van der Waals surface area contributed by atoms with Crippen molar-refractivity contribution in [3.05, 3.63) is 63.4 Å². The van der Waals surface area contributed by atoms with Gasteiger partial charge in [-0.3, -0.25) is 9.59 Å². The number of hydrogen-bond acceptors (Lipinski definition) is 2. The largest absolute Gasteiger partial charge is 0.366 e. The van der Waals surface area contributed by atoms with Crippen molar-refractivity contribution in [1.82, 2.24) is 0 Å². The lowest BCUT2D eigenvalue weighted by Gasteiger charge is -2.08. The Morgan fingerprint density at radius 3 is 2.43 bits per heavy atom. The van der Waals surface area contributed by atoms with E-state index in [2.05, 4.69) is 21.2 Å². The second-order valence-corrected chi connectivity index (χ2v) is 5.33. The average molecular weight is 351 g/mol. The number of rotatable bonds is 3. The number of hydrogen-bond donors (Lipinski definition) is 2. The van der Waals surface area contributed by atoms with Crippen molar-refractivity contribution >= 4 is 33.4 Å². The summed E-state index contributed by atoms with van der Waals surface area (Å²) in [7, 11) is 0. The van der Waals surface area contributed by atoms with Crippen molar-refractivity contribution in [1.29, 1.82) is 0 Å². The van der Waals surface area contributed by atoms with Crippen molar-refractivity contribution in [3.63, 3.8) is 0 Å². The van der Waals surface area contributed by atoms with Gasteiger partial charge in [-0.15, -0.1) is 0 Å². The van der Waals surface area contributed by atoms with Crippen molar-refractivity contribution in [2.45, 2.75) is 6.92 Å². The predicted octanol–water partition coefficient (Wildman–Crippen LogP) is 3.25. The molecule has 0 aliphatic heterocycles. The van der Waals surface area contributed by atoms with Crippen LogP contribution in [0.5, 0.6) is 0 Å². The van der Waals surface area contributed by atoms with Gasteiger partial charge < -0.3 is 11.1 Å². The van der Waals surface area contributed by atoms with Crippen LogP contribution in [0.25, 0.3) is 0 Å². The molecule has 2 aromatic carbocycles. The Morgan fingerprint density at radius 1 is 1.14 bits per heavy atom. The van der Waals surface area contributed by atoms with Gasteiger partial charge in [0, 0.05) is 15.6 Å². The molecule has 2 aromatic rings. The minimum absolute atomic E-state index is 0.0898. The fourth-order valence-corrected chi connectivity index (χ4v) is 2.08. The molecule has 0 aromatic heterocycles. The predicted molar refractivity (Wildman–Crippen MR) is 81.8 cm³/mol. The molecule has 0 radical (unpaired) electrons. The summed E-state index contributed by atoms with van der Waals surface area (Å²) in [5.41, 5.74) is 6.51. The van der Waals surface area contributed by atoms with Gasteiger partial charge in [0.1, 0.15) is 5.82 Å². The number of benzene rings is 2. The van der Waals surface area contributed by atoms with Gasteiger partial charge >= 0.3 is 0 Å². The number of amides is 2. The normalized spacial score (nSPS) is 10.2. The van der Waals surface area contributed by atoms with Crippen LogP contribution in [0.1, 0.15) is 26.3 Å². The minimum atomic E-state index is -0.691. The Hall–Kier alpha value is -2.21. The molecule has 0 aliphatic carbocycles. The Kier molecular flexibility index (Phi) is 4.37. The van der Waals surface area contributed by atoms with Gasteiger partial charge in [0.2, 0.25) is 5.91 Å². The highest BCUT2D eigenvalue weighted by molar-refractivity contribution is 9.10. The summed E-state index contributed by atoms with van der Waals surface area (Å²) in [5, 5.41) is 2.43. The Morgan fingerprint density at radius 2 is 1.81 bits per heavy atom. The molecule has 21 heavy (non-hydrogen) atoms. The van der Waals surface area contributed by atoms with Gasteiger partial charge in [-0.1, -0.05) is 22.0 Å². The van der Waals surface area contributed by atoms with Crippen LogP contribution in [0.4, 0.5) is 10.1 Å². The Balaban J connectivity index is 2.28. The molecule has 0 fully saturated rings. The third kappa shape index (κ3) is 3.46. The Labute approximate surface area is 129 Å². The van der Waals surface area contributed by atoms with E-state index in [0.29, 0.717) is 5.56 Å². The number of halogens is 2. The number of primary amides is 1. The molecule has 0 saturated carbocycles. The third-order valence-corrected chi connectivity index (χ3v) is 3.79. The van der Waals surface area contributed by atoms with Crippen LogP contribution in [0, 0.1) is 12.7 Å². The number of anilines is 1. The summed E-state index contributed by atoms with van der Waals surface area (Å²) in [6.07, 6.45) is 0. The summed E-state index contributed by atoms with van der Waals surface area (Å²) < 4.78 is 14.5. The van der Waals surface area contributed by atoms with Gasteiger partial charge in [0.15, 0.2) is 0 Å². The van der Waals surface area contributed by atoms with E-state index >= 15 is 0 Å². The standard InChI is InChI=1S/C15H12BrFN2O2/c1-8-2-3-10(6-11(8)16)15(21)19-13-7-9(14(18)20)4-5-12(13)17/h2-7H,1H3,(H2,18,20)(H,19,21). The van der Waals surface area contributed by atoms with Gasteiger partial charge in [-0.2, -0.15) is 0 Å². The second-order valence-electron chi connectivity index (χ2n) is 4.48. The molecule has 2 amide bonds. The fraction of sp³-hybridized carbons (Fsp3) is 0.0667. The SMILES string of the molecule is Cc1ccc(C(=O)Nc2cc(C(N)=O)ccc2F)cc1Br. The van der Waals surface area contributed by atoms with Gasteiger partial charge in [-0.25, -0.2) is 4.39 Å². The highest BCUT2D eigenvalue weighted by Crippen LogP contribution is 2.20. The van der Waals surface area contributed by atoms with Crippen LogP contribution in [0.3, 0.4) is 0 Å². The lowest BCUT2D eigenvalue weighted by molar-refractivity contribution is 0.0996.